The number of rotatable bonds is 8. The van der Waals surface area contributed by atoms with Crippen molar-refractivity contribution in [3.8, 4) is 0 Å². The van der Waals surface area contributed by atoms with Crippen molar-refractivity contribution in [2.75, 3.05) is 37.8 Å². The molecule has 1 aromatic heterocycles. The quantitative estimate of drug-likeness (QED) is 0.419. The number of nitrogens with zero attached hydrogens (tertiary/aromatic N) is 2. The molecule has 0 bridgehead atoms. The molecule has 33 heavy (non-hydrogen) atoms. The van der Waals surface area contributed by atoms with Gasteiger partial charge in [0.05, 0.1) is 6.33 Å². The third kappa shape index (κ3) is 6.23. The number of H-pyrrole nitrogens is 1. The molecular weight excluding hydrogens is 427 g/mol. The van der Waals surface area contributed by atoms with Crippen LogP contribution in [0.5, 0.6) is 0 Å². The van der Waals surface area contributed by atoms with Crippen molar-refractivity contribution >= 4 is 29.1 Å². The average molecular weight is 452 g/mol. The maximum absolute atomic E-state index is 13.0. The first kappa shape index (κ1) is 23.6. The summed E-state index contributed by atoms with van der Waals surface area (Å²) in [5.74, 6) is -1.77. The van der Waals surface area contributed by atoms with E-state index in [-0.39, 0.29) is 17.3 Å². The van der Waals surface area contributed by atoms with Gasteiger partial charge >= 0.3 is 0 Å². The van der Waals surface area contributed by atoms with Crippen LogP contribution >= 0.6 is 0 Å². The summed E-state index contributed by atoms with van der Waals surface area (Å²) in [4.78, 5) is 46.0. The molecule has 4 N–H and O–H groups in total. The lowest BCUT2D eigenvalue weighted by molar-refractivity contribution is 0.0933. The number of aromatic amines is 1. The third-order valence-corrected chi connectivity index (χ3v) is 4.76. The van der Waals surface area contributed by atoms with Gasteiger partial charge < -0.3 is 25.8 Å². The first-order valence-electron chi connectivity index (χ1n) is 10.2. The van der Waals surface area contributed by atoms with Gasteiger partial charge in [0, 0.05) is 30.0 Å². The molecule has 0 atom stereocenters. The second-order valence-electron chi connectivity index (χ2n) is 7.63. The number of nitrogens with one attached hydrogen (secondary N) is 4. The highest BCUT2D eigenvalue weighted by Gasteiger charge is 2.20. The lowest BCUT2D eigenvalue weighted by atomic mass is 10.1. The number of aryl methyl sites for hydroxylation is 1. The number of halogens is 1. The lowest BCUT2D eigenvalue weighted by Gasteiger charge is -2.12. The van der Waals surface area contributed by atoms with Gasteiger partial charge in [0.25, 0.3) is 17.7 Å². The second-order valence-corrected chi connectivity index (χ2v) is 7.63. The van der Waals surface area contributed by atoms with E-state index in [9.17, 15) is 18.8 Å². The summed E-state index contributed by atoms with van der Waals surface area (Å²) in [5, 5.41) is 8.20. The van der Waals surface area contributed by atoms with Crippen LogP contribution in [0.4, 0.5) is 15.8 Å². The van der Waals surface area contributed by atoms with Crippen LogP contribution in [0.3, 0.4) is 0 Å². The molecule has 0 saturated carbocycles. The minimum Gasteiger partial charge on any atom is -0.349 e. The van der Waals surface area contributed by atoms with Crippen LogP contribution in [0.1, 0.15) is 36.9 Å². The minimum absolute atomic E-state index is 0.00570. The monoisotopic (exact) mass is 452 g/mol. The van der Waals surface area contributed by atoms with Crippen LogP contribution < -0.4 is 16.0 Å². The van der Waals surface area contributed by atoms with Gasteiger partial charge in [0.15, 0.2) is 5.69 Å². The van der Waals surface area contributed by atoms with Crippen molar-refractivity contribution in [1.82, 2.24) is 20.2 Å². The van der Waals surface area contributed by atoms with Crippen LogP contribution in [0.15, 0.2) is 48.8 Å². The number of anilines is 2. The van der Waals surface area contributed by atoms with E-state index in [1.807, 2.05) is 19.0 Å². The van der Waals surface area contributed by atoms with Crippen LogP contribution in [0.25, 0.3) is 0 Å². The zero-order valence-corrected chi connectivity index (χ0v) is 18.5. The van der Waals surface area contributed by atoms with E-state index in [1.54, 1.807) is 25.1 Å². The van der Waals surface area contributed by atoms with Gasteiger partial charge in [-0.25, -0.2) is 9.37 Å². The molecule has 0 fully saturated rings. The number of hydrogen-bond donors (Lipinski definition) is 4. The van der Waals surface area contributed by atoms with E-state index in [4.69, 9.17) is 0 Å². The summed E-state index contributed by atoms with van der Waals surface area (Å²) in [5.41, 5.74) is 2.10. The van der Waals surface area contributed by atoms with Crippen molar-refractivity contribution in [1.29, 1.82) is 0 Å². The predicted molar refractivity (Wildman–Crippen MR) is 123 cm³/mol. The largest absolute Gasteiger partial charge is 0.349 e. The number of likely N-dealkylation sites (N-methyl/N-ethyl adjacent to an activating group) is 1. The summed E-state index contributed by atoms with van der Waals surface area (Å²) < 4.78 is 13.0. The topological polar surface area (TPSA) is 119 Å². The SMILES string of the molecule is Cc1cc(NC(=O)c2[nH]cnc2C(=O)NCCN(C)C)ccc1NC(=O)c1ccc(F)cc1. The molecule has 0 unspecified atom stereocenters. The molecule has 10 heteroatoms. The van der Waals surface area contributed by atoms with Crippen LogP contribution in [-0.4, -0.2) is 59.8 Å². The zero-order valence-electron chi connectivity index (χ0n) is 18.5. The highest BCUT2D eigenvalue weighted by Crippen LogP contribution is 2.21. The van der Waals surface area contributed by atoms with Gasteiger partial charge in [-0.3, -0.25) is 14.4 Å². The lowest BCUT2D eigenvalue weighted by Crippen LogP contribution is -2.32. The Kier molecular flexibility index (Phi) is 7.52. The number of carbonyl (C=O) groups excluding carboxylic acids is 3. The number of aromatic nitrogens is 2. The van der Waals surface area contributed by atoms with E-state index in [1.165, 1.54) is 30.6 Å². The highest BCUT2D eigenvalue weighted by atomic mass is 19.1. The number of amides is 3. The summed E-state index contributed by atoms with van der Waals surface area (Å²) in [6, 6.07) is 10.2. The zero-order chi connectivity index (χ0) is 24.0. The van der Waals surface area contributed by atoms with Crippen LogP contribution in [-0.2, 0) is 0 Å². The van der Waals surface area contributed by atoms with E-state index in [0.29, 0.717) is 35.6 Å². The molecule has 3 rings (SSSR count). The molecule has 0 saturated heterocycles. The first-order valence-corrected chi connectivity index (χ1v) is 10.2. The van der Waals surface area contributed by atoms with Crippen molar-refractivity contribution in [2.45, 2.75) is 6.92 Å². The summed E-state index contributed by atoms with van der Waals surface area (Å²) in [6.07, 6.45) is 1.29. The number of benzene rings is 2. The molecule has 0 aliphatic rings. The van der Waals surface area contributed by atoms with Crippen molar-refractivity contribution in [3.05, 3.63) is 77.1 Å². The Morgan fingerprint density at radius 3 is 2.39 bits per heavy atom. The Bertz CT molecular complexity index is 1160. The van der Waals surface area contributed by atoms with Crippen molar-refractivity contribution in [2.24, 2.45) is 0 Å². The van der Waals surface area contributed by atoms with E-state index in [0.717, 1.165) is 0 Å². The molecule has 3 aromatic rings. The van der Waals surface area contributed by atoms with Gasteiger partial charge in [0.2, 0.25) is 0 Å². The minimum atomic E-state index is -0.521. The third-order valence-electron chi connectivity index (χ3n) is 4.76. The molecule has 0 radical (unpaired) electrons. The summed E-state index contributed by atoms with van der Waals surface area (Å²) >= 11 is 0. The van der Waals surface area contributed by atoms with Gasteiger partial charge in [-0.05, 0) is 69.0 Å². The Labute approximate surface area is 190 Å². The molecule has 9 nitrogen and oxygen atoms in total. The Morgan fingerprint density at radius 1 is 1.00 bits per heavy atom. The van der Waals surface area contributed by atoms with Gasteiger partial charge in [-0.2, -0.15) is 0 Å². The number of hydrogen-bond acceptors (Lipinski definition) is 5. The molecule has 3 amide bonds. The second kappa shape index (κ2) is 10.5. The normalized spacial score (nSPS) is 10.7. The van der Waals surface area contributed by atoms with E-state index < -0.39 is 17.6 Å². The highest BCUT2D eigenvalue weighted by molar-refractivity contribution is 6.10. The molecule has 2 aromatic carbocycles. The van der Waals surface area contributed by atoms with Gasteiger partial charge in [0.1, 0.15) is 11.5 Å². The van der Waals surface area contributed by atoms with Crippen LogP contribution in [0, 0.1) is 12.7 Å². The Morgan fingerprint density at radius 2 is 1.73 bits per heavy atom. The van der Waals surface area contributed by atoms with Crippen molar-refractivity contribution in [3.63, 3.8) is 0 Å². The summed E-state index contributed by atoms with van der Waals surface area (Å²) in [7, 11) is 3.78. The molecular formula is C23H25FN6O3. The fourth-order valence-electron chi connectivity index (χ4n) is 2.99. The maximum Gasteiger partial charge on any atom is 0.274 e. The first-order chi connectivity index (χ1) is 15.7. The van der Waals surface area contributed by atoms with Gasteiger partial charge in [-0.1, -0.05) is 0 Å². The molecule has 0 aliphatic heterocycles. The number of carbonyl (C=O) groups is 3. The maximum atomic E-state index is 13.0. The van der Waals surface area contributed by atoms with Crippen molar-refractivity contribution < 1.29 is 18.8 Å². The Balaban J connectivity index is 1.65. The average Bonchev–Trinajstić information content (AvgIpc) is 3.26. The van der Waals surface area contributed by atoms with Gasteiger partial charge in [-0.15, -0.1) is 0 Å². The molecule has 172 valence electrons. The summed E-state index contributed by atoms with van der Waals surface area (Å²) in [6.45, 7) is 2.85. The predicted octanol–water partition coefficient (Wildman–Crippen LogP) is 2.65. The Hall–Kier alpha value is -4.05. The number of imidazole rings is 1. The molecule has 0 aliphatic carbocycles. The van der Waals surface area contributed by atoms with E-state index >= 15 is 0 Å². The van der Waals surface area contributed by atoms with Crippen LogP contribution in [0.2, 0.25) is 0 Å². The molecule has 0 spiro atoms. The standard InChI is InChI=1S/C23H25FN6O3/c1-14-12-17(8-9-18(14)29-21(31)15-4-6-16(24)7-5-15)28-23(33)20-19(26-13-27-20)22(32)25-10-11-30(2)3/h4-9,12-13H,10-11H2,1-3H3,(H,25,32)(H,26,27)(H,28,33)(H,29,31). The smallest absolute Gasteiger partial charge is 0.274 e. The fourth-order valence-corrected chi connectivity index (χ4v) is 2.99. The van der Waals surface area contributed by atoms with E-state index in [2.05, 4.69) is 25.9 Å². The molecule has 1 heterocycles. The fraction of sp³-hybridized carbons (Fsp3) is 0.217.